The summed E-state index contributed by atoms with van der Waals surface area (Å²) >= 11 is 1.79. The van der Waals surface area contributed by atoms with E-state index in [-0.39, 0.29) is 5.91 Å². The third-order valence-electron chi connectivity index (χ3n) is 2.74. The summed E-state index contributed by atoms with van der Waals surface area (Å²) in [6.07, 6.45) is 2.28. The summed E-state index contributed by atoms with van der Waals surface area (Å²) in [4.78, 5) is 11.5. The van der Waals surface area contributed by atoms with Crippen molar-refractivity contribution in [3.8, 4) is 0 Å². The van der Waals surface area contributed by atoms with E-state index in [0.717, 1.165) is 30.9 Å². The predicted octanol–water partition coefficient (Wildman–Crippen LogP) is 0.983. The zero-order valence-corrected chi connectivity index (χ0v) is 9.82. The molecule has 0 radical (unpaired) electrons. The fourth-order valence-corrected chi connectivity index (χ4v) is 2.83. The fraction of sp³-hybridized carbons (Fsp3) is 0.900. The summed E-state index contributed by atoms with van der Waals surface area (Å²) in [6, 6.07) is 0. The van der Waals surface area contributed by atoms with E-state index in [0.29, 0.717) is 5.92 Å². The molecule has 3 N–H and O–H groups in total. The number of hydrogen-bond acceptors (Lipinski definition) is 3. The van der Waals surface area contributed by atoms with Gasteiger partial charge < -0.3 is 11.1 Å². The Balaban J connectivity index is 2.67. The Labute approximate surface area is 90.2 Å². The van der Waals surface area contributed by atoms with Gasteiger partial charge in [0.1, 0.15) is 5.54 Å². The van der Waals surface area contributed by atoms with Crippen LogP contribution in [0.15, 0.2) is 0 Å². The Bertz CT molecular complexity index is 206. The molecule has 1 saturated carbocycles. The molecule has 0 spiro atoms. The molecule has 1 amide bonds. The number of carbonyl (C=O) groups is 1. The van der Waals surface area contributed by atoms with Gasteiger partial charge in [0.2, 0.25) is 5.91 Å². The number of likely N-dealkylation sites (N-methyl/N-ethyl adjacent to an activating group) is 1. The van der Waals surface area contributed by atoms with Gasteiger partial charge in [0, 0.05) is 5.75 Å². The molecule has 0 saturated heterocycles. The van der Waals surface area contributed by atoms with Crippen LogP contribution in [0.4, 0.5) is 0 Å². The molecule has 0 bridgehead atoms. The maximum Gasteiger partial charge on any atom is 0.238 e. The second kappa shape index (κ2) is 5.03. The molecule has 3 nitrogen and oxygen atoms in total. The number of nitrogens with one attached hydrogen (secondary N) is 1. The summed E-state index contributed by atoms with van der Waals surface area (Å²) in [7, 11) is 0. The van der Waals surface area contributed by atoms with Crippen LogP contribution >= 0.6 is 11.8 Å². The number of primary amides is 1. The standard InChI is InChI=1S/C10H20N2OS/c1-3-12-10(9(11)13,7-14-4-2)8-5-6-8/h8,12H,3-7H2,1-2H3,(H2,11,13). The van der Waals surface area contributed by atoms with Crippen LogP contribution in [0.3, 0.4) is 0 Å². The van der Waals surface area contributed by atoms with Crippen molar-refractivity contribution < 1.29 is 4.79 Å². The van der Waals surface area contributed by atoms with Crippen molar-refractivity contribution in [1.82, 2.24) is 5.32 Å². The van der Waals surface area contributed by atoms with E-state index in [4.69, 9.17) is 5.73 Å². The number of amides is 1. The molecule has 0 aliphatic heterocycles. The minimum Gasteiger partial charge on any atom is -0.368 e. The Morgan fingerprint density at radius 1 is 1.57 bits per heavy atom. The molecule has 82 valence electrons. The number of nitrogens with two attached hydrogens (primary N) is 1. The molecule has 14 heavy (non-hydrogen) atoms. The van der Waals surface area contributed by atoms with Gasteiger partial charge in [-0.25, -0.2) is 0 Å². The lowest BCUT2D eigenvalue weighted by Crippen LogP contribution is -2.59. The van der Waals surface area contributed by atoms with E-state index in [2.05, 4.69) is 12.2 Å². The first kappa shape index (κ1) is 11.9. The topological polar surface area (TPSA) is 55.1 Å². The Morgan fingerprint density at radius 2 is 2.21 bits per heavy atom. The molecule has 0 aromatic heterocycles. The maximum atomic E-state index is 11.5. The first-order valence-electron chi connectivity index (χ1n) is 5.30. The third-order valence-corrected chi connectivity index (χ3v) is 3.81. The van der Waals surface area contributed by atoms with Gasteiger partial charge in [0.25, 0.3) is 0 Å². The normalized spacial score (nSPS) is 20.4. The number of rotatable bonds is 7. The highest BCUT2D eigenvalue weighted by atomic mass is 32.2. The maximum absolute atomic E-state index is 11.5. The van der Waals surface area contributed by atoms with Crippen LogP contribution in [-0.4, -0.2) is 29.5 Å². The summed E-state index contributed by atoms with van der Waals surface area (Å²) in [5.41, 5.74) is 5.09. The fourth-order valence-electron chi connectivity index (χ4n) is 1.83. The molecule has 0 aromatic carbocycles. The van der Waals surface area contributed by atoms with E-state index >= 15 is 0 Å². The quantitative estimate of drug-likeness (QED) is 0.667. The minimum atomic E-state index is -0.435. The van der Waals surface area contributed by atoms with Crippen molar-refractivity contribution in [3.05, 3.63) is 0 Å². The lowest BCUT2D eigenvalue weighted by Gasteiger charge is -2.31. The molecule has 1 fully saturated rings. The second-order valence-corrected chi connectivity index (χ2v) is 5.05. The lowest BCUT2D eigenvalue weighted by atomic mass is 9.94. The first-order chi connectivity index (χ1) is 6.67. The summed E-state index contributed by atoms with van der Waals surface area (Å²) < 4.78 is 0. The van der Waals surface area contributed by atoms with Crippen LogP contribution in [0.5, 0.6) is 0 Å². The summed E-state index contributed by atoms with van der Waals surface area (Å²) in [5, 5.41) is 3.30. The van der Waals surface area contributed by atoms with Gasteiger partial charge in [0.05, 0.1) is 0 Å². The molecule has 1 aliphatic carbocycles. The number of carbonyl (C=O) groups excluding carboxylic acids is 1. The number of hydrogen-bond donors (Lipinski definition) is 2. The van der Waals surface area contributed by atoms with Crippen LogP contribution in [0.25, 0.3) is 0 Å². The van der Waals surface area contributed by atoms with Gasteiger partial charge in [0.15, 0.2) is 0 Å². The highest BCUT2D eigenvalue weighted by Gasteiger charge is 2.48. The number of thioether (sulfide) groups is 1. The van der Waals surface area contributed by atoms with Gasteiger partial charge >= 0.3 is 0 Å². The molecule has 0 aromatic rings. The Kier molecular flexibility index (Phi) is 4.26. The first-order valence-corrected chi connectivity index (χ1v) is 6.45. The van der Waals surface area contributed by atoms with E-state index < -0.39 is 5.54 Å². The second-order valence-electron chi connectivity index (χ2n) is 3.78. The van der Waals surface area contributed by atoms with E-state index in [9.17, 15) is 4.79 Å². The molecular formula is C10H20N2OS. The lowest BCUT2D eigenvalue weighted by molar-refractivity contribution is -0.124. The van der Waals surface area contributed by atoms with Crippen molar-refractivity contribution >= 4 is 17.7 Å². The summed E-state index contributed by atoms with van der Waals surface area (Å²) in [5.74, 6) is 2.15. The highest BCUT2D eigenvalue weighted by molar-refractivity contribution is 7.99. The zero-order valence-electron chi connectivity index (χ0n) is 9.01. The molecule has 1 rings (SSSR count). The van der Waals surface area contributed by atoms with Gasteiger partial charge in [-0.2, -0.15) is 11.8 Å². The van der Waals surface area contributed by atoms with Crippen LogP contribution in [0.1, 0.15) is 26.7 Å². The van der Waals surface area contributed by atoms with E-state index in [1.54, 1.807) is 11.8 Å². The molecule has 1 atom stereocenters. The largest absolute Gasteiger partial charge is 0.368 e. The van der Waals surface area contributed by atoms with Crippen LogP contribution in [0.2, 0.25) is 0 Å². The Hall–Kier alpha value is -0.220. The average molecular weight is 216 g/mol. The van der Waals surface area contributed by atoms with Gasteiger partial charge in [-0.1, -0.05) is 13.8 Å². The van der Waals surface area contributed by atoms with E-state index in [1.165, 1.54) is 0 Å². The van der Waals surface area contributed by atoms with Gasteiger partial charge in [-0.3, -0.25) is 4.79 Å². The van der Waals surface area contributed by atoms with Crippen molar-refractivity contribution in [2.45, 2.75) is 32.2 Å². The van der Waals surface area contributed by atoms with Crippen molar-refractivity contribution in [2.75, 3.05) is 18.1 Å². The molecule has 4 heteroatoms. The molecule has 0 heterocycles. The van der Waals surface area contributed by atoms with Crippen LogP contribution in [-0.2, 0) is 4.79 Å². The third kappa shape index (κ3) is 2.42. The molecule has 1 aliphatic rings. The highest BCUT2D eigenvalue weighted by Crippen LogP contribution is 2.41. The van der Waals surface area contributed by atoms with Gasteiger partial charge in [-0.05, 0) is 31.1 Å². The van der Waals surface area contributed by atoms with Crippen molar-refractivity contribution in [3.63, 3.8) is 0 Å². The smallest absolute Gasteiger partial charge is 0.238 e. The van der Waals surface area contributed by atoms with Crippen LogP contribution in [0, 0.1) is 5.92 Å². The Morgan fingerprint density at radius 3 is 2.57 bits per heavy atom. The van der Waals surface area contributed by atoms with Gasteiger partial charge in [-0.15, -0.1) is 0 Å². The average Bonchev–Trinajstić information content (AvgIpc) is 2.95. The minimum absolute atomic E-state index is 0.178. The monoisotopic (exact) mass is 216 g/mol. The SMILES string of the molecule is CCNC(CSCC)(C(N)=O)C1CC1. The summed E-state index contributed by atoms with van der Waals surface area (Å²) in [6.45, 7) is 4.94. The van der Waals surface area contributed by atoms with Crippen LogP contribution < -0.4 is 11.1 Å². The zero-order chi connectivity index (χ0) is 10.6. The van der Waals surface area contributed by atoms with Crippen molar-refractivity contribution in [2.24, 2.45) is 11.7 Å². The molecule has 1 unspecified atom stereocenters. The van der Waals surface area contributed by atoms with E-state index in [1.807, 2.05) is 6.92 Å². The molecular weight excluding hydrogens is 196 g/mol. The predicted molar refractivity (Wildman–Crippen MR) is 61.3 cm³/mol. The van der Waals surface area contributed by atoms with Crippen molar-refractivity contribution in [1.29, 1.82) is 0 Å².